The van der Waals surface area contributed by atoms with E-state index >= 15 is 0 Å². The van der Waals surface area contributed by atoms with E-state index in [-0.39, 0.29) is 0 Å². The van der Waals surface area contributed by atoms with Crippen molar-refractivity contribution in [1.29, 1.82) is 0 Å². The van der Waals surface area contributed by atoms with E-state index in [1.165, 1.54) is 0 Å². The van der Waals surface area contributed by atoms with Crippen molar-refractivity contribution >= 4 is 22.5 Å². The summed E-state index contributed by atoms with van der Waals surface area (Å²) >= 11 is 1.64. The summed E-state index contributed by atoms with van der Waals surface area (Å²) in [5.41, 5.74) is 1.93. The monoisotopic (exact) mass is 241 g/mol. The van der Waals surface area contributed by atoms with Gasteiger partial charge >= 0.3 is 0 Å². The minimum atomic E-state index is 0.809. The number of aliphatic imine (C=N–C) groups is 1. The van der Waals surface area contributed by atoms with Crippen molar-refractivity contribution in [3.63, 3.8) is 0 Å². The lowest BCUT2D eigenvalue weighted by molar-refractivity contribution is 0.485. The van der Waals surface area contributed by atoms with Gasteiger partial charge in [0.15, 0.2) is 5.75 Å². The molecule has 84 valence electrons. The summed E-state index contributed by atoms with van der Waals surface area (Å²) in [6.45, 7) is 0. The van der Waals surface area contributed by atoms with Crippen LogP contribution in [0.5, 0.6) is 11.5 Å². The maximum atomic E-state index is 5.91. The third-order valence-corrected chi connectivity index (χ3v) is 3.32. The number of benzene rings is 2. The van der Waals surface area contributed by atoms with Gasteiger partial charge in [0.2, 0.25) is 0 Å². The fourth-order valence-corrected chi connectivity index (χ4v) is 2.39. The Morgan fingerprint density at radius 3 is 2.47 bits per heavy atom. The zero-order chi connectivity index (χ0) is 11.7. The highest BCUT2D eigenvalue weighted by molar-refractivity contribution is 8.13. The van der Waals surface area contributed by atoms with E-state index in [9.17, 15) is 0 Å². The van der Waals surface area contributed by atoms with Crippen LogP contribution in [0.15, 0.2) is 53.5 Å². The van der Waals surface area contributed by atoms with Crippen LogP contribution in [0.4, 0.5) is 5.69 Å². The van der Waals surface area contributed by atoms with E-state index in [0.29, 0.717) is 0 Å². The van der Waals surface area contributed by atoms with Crippen LogP contribution in [0.3, 0.4) is 0 Å². The van der Waals surface area contributed by atoms with E-state index < -0.39 is 0 Å². The molecular weight excluding hydrogens is 230 g/mol. The average molecular weight is 241 g/mol. The first-order valence-corrected chi connectivity index (χ1v) is 6.60. The highest BCUT2D eigenvalue weighted by Crippen LogP contribution is 2.38. The lowest BCUT2D eigenvalue weighted by atomic mass is 10.2. The van der Waals surface area contributed by atoms with Gasteiger partial charge in [-0.25, -0.2) is 4.99 Å². The van der Waals surface area contributed by atoms with Gasteiger partial charge in [0.1, 0.15) is 16.5 Å². The molecule has 0 aromatic heterocycles. The summed E-state index contributed by atoms with van der Waals surface area (Å²) < 4.78 is 5.91. The van der Waals surface area contributed by atoms with Crippen LogP contribution in [-0.2, 0) is 0 Å². The summed E-state index contributed by atoms with van der Waals surface area (Å²) in [6.07, 6.45) is 2.03. The van der Waals surface area contributed by atoms with Crippen molar-refractivity contribution in [2.45, 2.75) is 0 Å². The molecule has 0 spiro atoms. The molecule has 3 heteroatoms. The first kappa shape index (κ1) is 10.4. The number of rotatable bonds is 0. The summed E-state index contributed by atoms with van der Waals surface area (Å²) in [5, 5.41) is 0.991. The maximum absolute atomic E-state index is 5.91. The molecule has 3 rings (SSSR count). The predicted molar refractivity (Wildman–Crippen MR) is 72.7 cm³/mol. The number of ether oxygens (including phenoxy) is 1. The second-order valence-electron chi connectivity index (χ2n) is 3.69. The molecule has 1 heterocycles. The third kappa shape index (κ3) is 1.83. The molecule has 0 N–H and O–H groups in total. The van der Waals surface area contributed by atoms with E-state index in [1.807, 2.05) is 54.8 Å². The van der Waals surface area contributed by atoms with E-state index in [4.69, 9.17) is 4.74 Å². The lowest BCUT2D eigenvalue weighted by Gasteiger charge is -2.07. The largest absolute Gasteiger partial charge is 0.454 e. The third-order valence-electron chi connectivity index (χ3n) is 2.62. The van der Waals surface area contributed by atoms with Crippen LogP contribution < -0.4 is 4.74 Å². The second-order valence-corrected chi connectivity index (χ2v) is 4.48. The number of thioether (sulfide) groups is 1. The Morgan fingerprint density at radius 2 is 1.65 bits per heavy atom. The molecule has 1 aliphatic rings. The fraction of sp³-hybridized carbons (Fsp3) is 0.0714. The van der Waals surface area contributed by atoms with Crippen LogP contribution >= 0.6 is 11.8 Å². The van der Waals surface area contributed by atoms with Crippen molar-refractivity contribution < 1.29 is 4.74 Å². The Labute approximate surface area is 104 Å². The van der Waals surface area contributed by atoms with Crippen molar-refractivity contribution in [2.24, 2.45) is 4.99 Å². The molecule has 0 bridgehead atoms. The highest BCUT2D eigenvalue weighted by atomic mass is 32.2. The van der Waals surface area contributed by atoms with Crippen molar-refractivity contribution in [1.82, 2.24) is 0 Å². The SMILES string of the molecule is CSC1=Nc2ccccc2Oc2ccccc21. The Hall–Kier alpha value is -1.74. The van der Waals surface area contributed by atoms with Crippen LogP contribution in [0.2, 0.25) is 0 Å². The predicted octanol–water partition coefficient (Wildman–Crippen LogP) is 4.23. The van der Waals surface area contributed by atoms with Crippen LogP contribution in [-0.4, -0.2) is 11.3 Å². The van der Waals surface area contributed by atoms with Gasteiger partial charge < -0.3 is 4.74 Å². The summed E-state index contributed by atoms with van der Waals surface area (Å²) in [5.74, 6) is 1.68. The van der Waals surface area contributed by atoms with Crippen LogP contribution in [0.1, 0.15) is 5.56 Å². The zero-order valence-electron chi connectivity index (χ0n) is 9.38. The molecule has 2 nitrogen and oxygen atoms in total. The van der Waals surface area contributed by atoms with Crippen LogP contribution in [0, 0.1) is 0 Å². The van der Waals surface area contributed by atoms with Crippen molar-refractivity contribution in [2.75, 3.05) is 6.26 Å². The van der Waals surface area contributed by atoms with E-state index in [2.05, 4.69) is 4.99 Å². The summed E-state index contributed by atoms with van der Waals surface area (Å²) in [4.78, 5) is 4.65. The smallest absolute Gasteiger partial charge is 0.153 e. The first-order valence-electron chi connectivity index (χ1n) is 5.37. The first-order chi connectivity index (χ1) is 8.38. The van der Waals surface area contributed by atoms with Gasteiger partial charge in [-0.1, -0.05) is 24.3 Å². The molecule has 1 aliphatic heterocycles. The molecule has 2 aromatic rings. The molecule has 0 atom stereocenters. The Bertz CT molecular complexity index is 592. The second kappa shape index (κ2) is 4.26. The normalized spacial score (nSPS) is 12.9. The van der Waals surface area contributed by atoms with Gasteiger partial charge in [-0.2, -0.15) is 0 Å². The van der Waals surface area contributed by atoms with Gasteiger partial charge in [0.05, 0.1) is 0 Å². The molecule has 17 heavy (non-hydrogen) atoms. The number of hydrogen-bond donors (Lipinski definition) is 0. The summed E-state index contributed by atoms with van der Waals surface area (Å²) in [7, 11) is 0. The average Bonchev–Trinajstić information content (AvgIpc) is 2.54. The quantitative estimate of drug-likeness (QED) is 0.688. The molecule has 2 aromatic carbocycles. The molecular formula is C14H11NOS. The van der Waals surface area contributed by atoms with Crippen molar-refractivity contribution in [3.05, 3.63) is 54.1 Å². The minimum Gasteiger partial charge on any atom is -0.454 e. The fourth-order valence-electron chi connectivity index (χ4n) is 1.81. The van der Waals surface area contributed by atoms with Crippen molar-refractivity contribution in [3.8, 4) is 11.5 Å². The van der Waals surface area contributed by atoms with E-state index in [0.717, 1.165) is 27.8 Å². The minimum absolute atomic E-state index is 0.809. The molecule has 0 radical (unpaired) electrons. The maximum Gasteiger partial charge on any atom is 0.153 e. The molecule has 0 saturated carbocycles. The van der Waals surface area contributed by atoms with Gasteiger partial charge in [-0.3, -0.25) is 0 Å². The zero-order valence-corrected chi connectivity index (χ0v) is 10.2. The number of para-hydroxylation sites is 3. The number of nitrogens with zero attached hydrogens (tertiary/aromatic N) is 1. The molecule has 0 fully saturated rings. The number of hydrogen-bond acceptors (Lipinski definition) is 3. The van der Waals surface area contributed by atoms with E-state index in [1.54, 1.807) is 11.8 Å². The Morgan fingerprint density at radius 1 is 0.941 bits per heavy atom. The standard InChI is InChI=1S/C14H11NOS/c1-17-14-10-6-2-4-8-12(10)16-13-9-5-3-7-11(13)15-14/h2-9H,1H3. The Kier molecular flexibility index (Phi) is 2.61. The highest BCUT2D eigenvalue weighted by Gasteiger charge is 2.16. The van der Waals surface area contributed by atoms with Crippen LogP contribution in [0.25, 0.3) is 0 Å². The van der Waals surface area contributed by atoms with Gasteiger partial charge in [0.25, 0.3) is 0 Å². The molecule has 0 amide bonds. The van der Waals surface area contributed by atoms with Gasteiger partial charge in [-0.05, 0) is 30.5 Å². The summed E-state index contributed by atoms with van der Waals surface area (Å²) in [6, 6.07) is 15.8. The number of fused-ring (bicyclic) bond motifs is 2. The Balaban J connectivity index is 2.24. The topological polar surface area (TPSA) is 21.6 Å². The molecule has 0 saturated heterocycles. The van der Waals surface area contributed by atoms with Gasteiger partial charge in [0, 0.05) is 5.56 Å². The molecule has 0 unspecified atom stereocenters. The van der Waals surface area contributed by atoms with Gasteiger partial charge in [-0.15, -0.1) is 11.8 Å². The lowest BCUT2D eigenvalue weighted by Crippen LogP contribution is -1.95. The molecule has 0 aliphatic carbocycles.